The molecule has 0 aromatic heterocycles. The number of hydrogen-bond donors (Lipinski definition) is 1. The average molecular weight is 336 g/mol. The highest BCUT2D eigenvalue weighted by molar-refractivity contribution is 5.78. The molecule has 3 rings (SSSR count). The first-order valence-electron chi connectivity index (χ1n) is 9.27. The Balaban J connectivity index is 1.37. The van der Waals surface area contributed by atoms with E-state index in [-0.39, 0.29) is 5.91 Å². The van der Waals surface area contributed by atoms with E-state index in [0.717, 1.165) is 44.6 Å². The van der Waals surface area contributed by atoms with Crippen LogP contribution < -0.4 is 5.32 Å². The maximum absolute atomic E-state index is 12.2. The molecule has 2 aromatic rings. The van der Waals surface area contributed by atoms with Crippen molar-refractivity contribution in [2.45, 2.75) is 32.7 Å². The van der Waals surface area contributed by atoms with Gasteiger partial charge < -0.3 is 5.32 Å². The summed E-state index contributed by atoms with van der Waals surface area (Å²) < 4.78 is 0. The van der Waals surface area contributed by atoms with Crippen LogP contribution in [0.3, 0.4) is 0 Å². The second-order valence-corrected chi connectivity index (χ2v) is 7.18. The molecule has 1 heterocycles. The van der Waals surface area contributed by atoms with Crippen LogP contribution >= 0.6 is 0 Å². The number of rotatable bonds is 6. The first-order chi connectivity index (χ1) is 12.2. The Morgan fingerprint density at radius 3 is 2.48 bits per heavy atom. The lowest BCUT2D eigenvalue weighted by Crippen LogP contribution is -2.38. The molecule has 2 aromatic carbocycles. The lowest BCUT2D eigenvalue weighted by atomic mass is 9.96. The summed E-state index contributed by atoms with van der Waals surface area (Å²) >= 11 is 0. The van der Waals surface area contributed by atoms with Gasteiger partial charge in [-0.2, -0.15) is 0 Å². The third kappa shape index (κ3) is 5.71. The molecule has 0 bridgehead atoms. The van der Waals surface area contributed by atoms with E-state index in [4.69, 9.17) is 0 Å². The van der Waals surface area contributed by atoms with Crippen LogP contribution in [-0.2, 0) is 17.8 Å². The third-order valence-electron chi connectivity index (χ3n) is 4.99. The first-order valence-corrected chi connectivity index (χ1v) is 9.27. The van der Waals surface area contributed by atoms with Gasteiger partial charge in [-0.25, -0.2) is 0 Å². The summed E-state index contributed by atoms with van der Waals surface area (Å²) in [5.41, 5.74) is 3.68. The highest BCUT2D eigenvalue weighted by atomic mass is 16.1. The minimum atomic E-state index is 0.136. The van der Waals surface area contributed by atoms with Gasteiger partial charge in [0.2, 0.25) is 5.91 Å². The maximum Gasteiger partial charge on any atom is 0.224 e. The fraction of sp³-hybridized carbons (Fsp3) is 0.409. The van der Waals surface area contributed by atoms with E-state index >= 15 is 0 Å². The molecular formula is C22H28N2O. The Labute approximate surface area is 151 Å². The van der Waals surface area contributed by atoms with Gasteiger partial charge in [-0.15, -0.1) is 0 Å². The smallest absolute Gasteiger partial charge is 0.224 e. The quantitative estimate of drug-likeness (QED) is 0.875. The van der Waals surface area contributed by atoms with Crippen LogP contribution in [0, 0.1) is 12.8 Å². The first kappa shape index (κ1) is 17.7. The van der Waals surface area contributed by atoms with Crippen molar-refractivity contribution >= 4 is 5.91 Å². The van der Waals surface area contributed by atoms with Gasteiger partial charge in [0.05, 0.1) is 6.42 Å². The summed E-state index contributed by atoms with van der Waals surface area (Å²) in [6.45, 7) is 6.14. The number of carbonyl (C=O) groups is 1. The van der Waals surface area contributed by atoms with E-state index in [2.05, 4.69) is 59.6 Å². The molecule has 0 atom stereocenters. The number of piperidine rings is 1. The molecular weight excluding hydrogens is 308 g/mol. The zero-order valence-electron chi connectivity index (χ0n) is 15.1. The van der Waals surface area contributed by atoms with Gasteiger partial charge in [-0.1, -0.05) is 60.2 Å². The number of nitrogens with zero attached hydrogens (tertiary/aromatic N) is 1. The summed E-state index contributed by atoms with van der Waals surface area (Å²) in [5, 5.41) is 3.13. The molecule has 132 valence electrons. The van der Waals surface area contributed by atoms with Crippen molar-refractivity contribution in [3.05, 3.63) is 71.3 Å². The van der Waals surface area contributed by atoms with Gasteiger partial charge in [0.1, 0.15) is 0 Å². The Kier molecular flexibility index (Phi) is 6.24. The zero-order valence-corrected chi connectivity index (χ0v) is 15.1. The van der Waals surface area contributed by atoms with Gasteiger partial charge >= 0.3 is 0 Å². The minimum absolute atomic E-state index is 0.136. The van der Waals surface area contributed by atoms with E-state index in [1.807, 2.05) is 12.1 Å². The molecule has 0 aliphatic carbocycles. The molecule has 1 aliphatic rings. The fourth-order valence-corrected chi connectivity index (χ4v) is 3.52. The van der Waals surface area contributed by atoms with E-state index in [0.29, 0.717) is 12.3 Å². The van der Waals surface area contributed by atoms with E-state index in [9.17, 15) is 4.79 Å². The summed E-state index contributed by atoms with van der Waals surface area (Å²) in [6.07, 6.45) is 2.81. The van der Waals surface area contributed by atoms with Gasteiger partial charge in [0, 0.05) is 13.1 Å². The third-order valence-corrected chi connectivity index (χ3v) is 4.99. The summed E-state index contributed by atoms with van der Waals surface area (Å²) in [5.74, 6) is 0.741. The SMILES string of the molecule is Cc1cccc(CC(=O)NCC2CCN(Cc3ccccc3)CC2)c1. The Hall–Kier alpha value is -2.13. The average Bonchev–Trinajstić information content (AvgIpc) is 2.62. The van der Waals surface area contributed by atoms with E-state index in [1.165, 1.54) is 11.1 Å². The standard InChI is InChI=1S/C22H28N2O/c1-18-6-5-9-21(14-18)15-22(25)23-16-19-10-12-24(13-11-19)17-20-7-3-2-4-8-20/h2-9,14,19H,10-13,15-17H2,1H3,(H,23,25). The van der Waals surface area contributed by atoms with E-state index in [1.54, 1.807) is 0 Å². The molecule has 3 nitrogen and oxygen atoms in total. The van der Waals surface area contributed by atoms with Crippen molar-refractivity contribution in [3.63, 3.8) is 0 Å². The predicted molar refractivity (Wildman–Crippen MR) is 102 cm³/mol. The molecule has 0 saturated carbocycles. The normalized spacial score (nSPS) is 15.9. The number of benzene rings is 2. The molecule has 1 saturated heterocycles. The van der Waals surface area contributed by atoms with Gasteiger partial charge in [0.15, 0.2) is 0 Å². The number of nitrogens with one attached hydrogen (secondary N) is 1. The Morgan fingerprint density at radius 2 is 1.76 bits per heavy atom. The lowest BCUT2D eigenvalue weighted by Gasteiger charge is -2.32. The Morgan fingerprint density at radius 1 is 1.04 bits per heavy atom. The van der Waals surface area contributed by atoms with Crippen molar-refractivity contribution in [2.24, 2.45) is 5.92 Å². The van der Waals surface area contributed by atoms with Crippen LogP contribution in [0.5, 0.6) is 0 Å². The second kappa shape index (κ2) is 8.82. The highest BCUT2D eigenvalue weighted by Crippen LogP contribution is 2.18. The summed E-state index contributed by atoms with van der Waals surface area (Å²) in [7, 11) is 0. The molecule has 1 amide bonds. The van der Waals surface area contributed by atoms with Crippen molar-refractivity contribution in [1.82, 2.24) is 10.2 Å². The van der Waals surface area contributed by atoms with Crippen LogP contribution in [0.2, 0.25) is 0 Å². The monoisotopic (exact) mass is 336 g/mol. The number of aryl methyl sites for hydroxylation is 1. The van der Waals surface area contributed by atoms with Crippen LogP contribution in [0.25, 0.3) is 0 Å². The molecule has 3 heteroatoms. The number of carbonyl (C=O) groups excluding carboxylic acids is 1. The molecule has 1 aliphatic heterocycles. The fourth-order valence-electron chi connectivity index (χ4n) is 3.52. The molecule has 1 fully saturated rings. The lowest BCUT2D eigenvalue weighted by molar-refractivity contribution is -0.120. The van der Waals surface area contributed by atoms with Crippen LogP contribution in [0.1, 0.15) is 29.5 Å². The summed E-state index contributed by atoms with van der Waals surface area (Å²) in [4.78, 5) is 14.7. The van der Waals surface area contributed by atoms with Crippen LogP contribution in [0.15, 0.2) is 54.6 Å². The molecule has 0 unspecified atom stereocenters. The van der Waals surface area contributed by atoms with Gasteiger partial charge in [-0.3, -0.25) is 9.69 Å². The molecule has 1 N–H and O–H groups in total. The van der Waals surface area contributed by atoms with Gasteiger partial charge in [0.25, 0.3) is 0 Å². The predicted octanol–water partition coefficient (Wildman–Crippen LogP) is 3.57. The Bertz CT molecular complexity index is 675. The summed E-state index contributed by atoms with van der Waals surface area (Å²) in [6, 6.07) is 18.8. The molecule has 25 heavy (non-hydrogen) atoms. The van der Waals surface area contributed by atoms with Crippen LogP contribution in [-0.4, -0.2) is 30.4 Å². The molecule has 0 radical (unpaired) electrons. The topological polar surface area (TPSA) is 32.3 Å². The number of likely N-dealkylation sites (tertiary alicyclic amines) is 1. The van der Waals surface area contributed by atoms with E-state index < -0.39 is 0 Å². The van der Waals surface area contributed by atoms with Gasteiger partial charge in [-0.05, 0) is 49.9 Å². The van der Waals surface area contributed by atoms with Crippen molar-refractivity contribution < 1.29 is 4.79 Å². The zero-order chi connectivity index (χ0) is 17.5. The minimum Gasteiger partial charge on any atom is -0.356 e. The number of hydrogen-bond acceptors (Lipinski definition) is 2. The van der Waals surface area contributed by atoms with Crippen molar-refractivity contribution in [2.75, 3.05) is 19.6 Å². The van der Waals surface area contributed by atoms with Crippen molar-refractivity contribution in [1.29, 1.82) is 0 Å². The van der Waals surface area contributed by atoms with Crippen molar-refractivity contribution in [3.8, 4) is 0 Å². The highest BCUT2D eigenvalue weighted by Gasteiger charge is 2.19. The number of amides is 1. The maximum atomic E-state index is 12.2. The largest absolute Gasteiger partial charge is 0.356 e. The second-order valence-electron chi connectivity index (χ2n) is 7.18. The van der Waals surface area contributed by atoms with Crippen LogP contribution in [0.4, 0.5) is 0 Å². The molecule has 0 spiro atoms.